The number of benzene rings is 2. The van der Waals surface area contributed by atoms with E-state index in [1.54, 1.807) is 19.1 Å². The van der Waals surface area contributed by atoms with E-state index < -0.39 is 41.7 Å². The second kappa shape index (κ2) is 10.4. The molecule has 1 saturated heterocycles. The second-order valence-electron chi connectivity index (χ2n) is 11.4. The molecule has 0 bridgehead atoms. The van der Waals surface area contributed by atoms with Crippen molar-refractivity contribution in [1.29, 1.82) is 0 Å². The van der Waals surface area contributed by atoms with Crippen LogP contribution in [0.15, 0.2) is 36.4 Å². The van der Waals surface area contributed by atoms with Crippen molar-refractivity contribution in [1.82, 2.24) is 0 Å². The van der Waals surface area contributed by atoms with E-state index in [4.69, 9.17) is 9.31 Å². The molecule has 10 heteroatoms. The first kappa shape index (κ1) is 32.0. The number of alkyl halides is 6. The monoisotopic (exact) mass is 568 g/mol. The smallest absolute Gasteiger partial charge is 0.399 e. The van der Waals surface area contributed by atoms with Gasteiger partial charge in [-0.3, -0.25) is 0 Å². The van der Waals surface area contributed by atoms with Gasteiger partial charge in [0.15, 0.2) is 0 Å². The minimum atomic E-state index is -6.00. The predicted octanol–water partition coefficient (Wildman–Crippen LogP) is 6.92. The van der Waals surface area contributed by atoms with Crippen LogP contribution < -0.4 is 5.46 Å². The Morgan fingerprint density at radius 1 is 0.775 bits per heavy atom. The molecule has 1 N–H and O–H groups in total. The van der Waals surface area contributed by atoms with Crippen molar-refractivity contribution in [2.24, 2.45) is 0 Å². The van der Waals surface area contributed by atoms with Gasteiger partial charge in [-0.15, -0.1) is 0 Å². The van der Waals surface area contributed by atoms with Crippen LogP contribution in [0.25, 0.3) is 0 Å². The number of aliphatic hydroxyl groups is 1. The Morgan fingerprint density at radius 2 is 1.23 bits per heavy atom. The Bertz CT molecular complexity index is 1280. The Kier molecular flexibility index (Phi) is 8.34. The van der Waals surface area contributed by atoms with Crippen LogP contribution in [0.4, 0.5) is 26.3 Å². The maximum Gasteiger partial charge on any atom is 0.495 e. The lowest BCUT2D eigenvalue weighted by atomic mass is 9.68. The molecule has 3 rings (SSSR count). The third kappa shape index (κ3) is 5.40. The van der Waals surface area contributed by atoms with Crippen LogP contribution in [0.2, 0.25) is 0 Å². The van der Waals surface area contributed by atoms with Gasteiger partial charge in [0, 0.05) is 11.0 Å². The summed E-state index contributed by atoms with van der Waals surface area (Å²) in [6.45, 7) is 15.5. The summed E-state index contributed by atoms with van der Waals surface area (Å²) in [6, 6.07) is 10.9. The maximum atomic E-state index is 13.1. The van der Waals surface area contributed by atoms with Crippen LogP contribution >= 0.6 is 0 Å². The average Bonchev–Trinajstić information content (AvgIpc) is 3.04. The van der Waals surface area contributed by atoms with Crippen molar-refractivity contribution in [2.45, 2.75) is 103 Å². The minimum Gasteiger partial charge on any atom is -0.399 e. The molecule has 0 atom stereocenters. The van der Waals surface area contributed by atoms with Gasteiger partial charge in [-0.1, -0.05) is 55.7 Å². The number of hydrogen-bond donors (Lipinski definition) is 1. The lowest BCUT2D eigenvalue weighted by Crippen LogP contribution is -2.55. The summed E-state index contributed by atoms with van der Waals surface area (Å²) in [5, 5.41) is 9.39. The van der Waals surface area contributed by atoms with Crippen LogP contribution in [0.1, 0.15) is 82.2 Å². The molecule has 1 heterocycles. The fourth-order valence-electron chi connectivity index (χ4n) is 5.00. The van der Waals surface area contributed by atoms with Crippen molar-refractivity contribution in [2.75, 3.05) is 0 Å². The second-order valence-corrected chi connectivity index (χ2v) is 11.4. The molecule has 2 aromatic carbocycles. The van der Waals surface area contributed by atoms with Crippen LogP contribution in [0.5, 0.6) is 0 Å². The third-order valence-electron chi connectivity index (χ3n) is 8.51. The van der Waals surface area contributed by atoms with Crippen molar-refractivity contribution in [3.63, 3.8) is 0 Å². The minimum absolute atomic E-state index is 0.0379. The average molecular weight is 568 g/mol. The van der Waals surface area contributed by atoms with Crippen LogP contribution in [-0.4, -0.2) is 41.4 Å². The summed E-state index contributed by atoms with van der Waals surface area (Å²) in [7, 11) is -0.524. The molecular formula is C30H35BF6O3. The lowest BCUT2D eigenvalue weighted by molar-refractivity contribution is -0.343. The zero-order chi connectivity index (χ0) is 30.5. The van der Waals surface area contributed by atoms with Crippen LogP contribution in [0.3, 0.4) is 0 Å². The topological polar surface area (TPSA) is 38.7 Å². The number of rotatable bonds is 5. The van der Waals surface area contributed by atoms with Gasteiger partial charge in [-0.05, 0) is 88.5 Å². The Labute approximate surface area is 232 Å². The maximum absolute atomic E-state index is 13.1. The zero-order valence-electron chi connectivity index (χ0n) is 24.0. The summed E-state index contributed by atoms with van der Waals surface area (Å²) in [5.41, 5.74) is -2.48. The highest BCUT2D eigenvalue weighted by Crippen LogP contribution is 2.43. The van der Waals surface area contributed by atoms with Crippen molar-refractivity contribution in [3.05, 3.63) is 64.2 Å². The van der Waals surface area contributed by atoms with E-state index in [1.165, 1.54) is 6.07 Å². The molecule has 3 nitrogen and oxygen atoms in total. The molecule has 0 unspecified atom stereocenters. The molecule has 1 aliphatic heterocycles. The molecule has 0 spiro atoms. The van der Waals surface area contributed by atoms with E-state index in [2.05, 4.69) is 6.07 Å². The molecule has 2 aromatic rings. The van der Waals surface area contributed by atoms with Gasteiger partial charge < -0.3 is 14.4 Å². The normalized spacial score (nSPS) is 17.5. The zero-order valence-corrected chi connectivity index (χ0v) is 24.0. The molecule has 0 radical (unpaired) electrons. The molecule has 1 aliphatic rings. The Balaban J connectivity index is 2.02. The first-order valence-corrected chi connectivity index (χ1v) is 13.1. The summed E-state index contributed by atoms with van der Waals surface area (Å²) in [6.07, 6.45) is -10.6. The number of hydrogen-bond acceptors (Lipinski definition) is 3. The predicted molar refractivity (Wildman–Crippen MR) is 143 cm³/mol. The van der Waals surface area contributed by atoms with Gasteiger partial charge in [0.05, 0.1) is 11.2 Å². The van der Waals surface area contributed by atoms with E-state index in [0.29, 0.717) is 18.4 Å². The highest BCUT2D eigenvalue weighted by Gasteiger charge is 2.70. The van der Waals surface area contributed by atoms with Crippen molar-refractivity contribution >= 4 is 12.6 Å². The van der Waals surface area contributed by atoms with Gasteiger partial charge >= 0.3 is 25.1 Å². The first-order valence-electron chi connectivity index (χ1n) is 13.1. The number of halogens is 6. The van der Waals surface area contributed by atoms with Gasteiger partial charge in [0.25, 0.3) is 0 Å². The van der Waals surface area contributed by atoms with Gasteiger partial charge in [-0.2, -0.15) is 26.3 Å². The van der Waals surface area contributed by atoms with Crippen molar-refractivity contribution < 1.29 is 40.8 Å². The fourth-order valence-corrected chi connectivity index (χ4v) is 5.00. The summed E-state index contributed by atoms with van der Waals surface area (Å²) < 4.78 is 90.7. The Hall–Kier alpha value is -2.48. The first-order chi connectivity index (χ1) is 18.2. The largest absolute Gasteiger partial charge is 0.495 e. The summed E-state index contributed by atoms with van der Waals surface area (Å²) in [4.78, 5) is 0. The highest BCUT2D eigenvalue weighted by molar-refractivity contribution is 6.62. The SMILES string of the molecule is CCC(CC)(c1ccc(C#CC(O)(C(F)(F)F)C(F)(F)F)c(C)c1)c1ccc(B2OC(C)(C)C(C)(C)O2)c(C)c1. The Morgan fingerprint density at radius 3 is 1.62 bits per heavy atom. The van der Waals surface area contributed by atoms with Crippen LogP contribution in [0, 0.1) is 25.7 Å². The molecule has 0 amide bonds. The summed E-state index contributed by atoms with van der Waals surface area (Å²) >= 11 is 0. The molecular weight excluding hydrogens is 533 g/mol. The molecule has 40 heavy (non-hydrogen) atoms. The highest BCUT2D eigenvalue weighted by atomic mass is 19.4. The van der Waals surface area contributed by atoms with Gasteiger partial charge in [0.1, 0.15) is 0 Å². The summed E-state index contributed by atoms with van der Waals surface area (Å²) in [5.74, 6) is 2.95. The van der Waals surface area contributed by atoms with E-state index in [9.17, 15) is 31.4 Å². The van der Waals surface area contributed by atoms with E-state index in [0.717, 1.165) is 28.1 Å². The molecule has 218 valence electrons. The van der Waals surface area contributed by atoms with Gasteiger partial charge in [-0.25, -0.2) is 0 Å². The van der Waals surface area contributed by atoms with Gasteiger partial charge in [0.2, 0.25) is 0 Å². The third-order valence-corrected chi connectivity index (χ3v) is 8.51. The van der Waals surface area contributed by atoms with E-state index in [-0.39, 0.29) is 5.56 Å². The molecule has 1 fully saturated rings. The standard InChI is InChI=1S/C30H35BF6O3/c1-9-27(10-2,23-13-14-24(20(4)18-23)31-39-25(5,6)26(7,8)40-31)22-12-11-21(19(3)17-22)15-16-28(38,29(32,33)34)30(35,36)37/h11-14,17-18,38H,9-10H2,1-8H3. The fraction of sp³-hybridized carbons (Fsp3) is 0.533. The molecule has 0 aliphatic carbocycles. The van der Waals surface area contributed by atoms with E-state index >= 15 is 0 Å². The molecule has 0 saturated carbocycles. The molecule has 0 aromatic heterocycles. The lowest BCUT2D eigenvalue weighted by Gasteiger charge is -2.34. The van der Waals surface area contributed by atoms with Crippen LogP contribution in [-0.2, 0) is 14.7 Å². The quantitative estimate of drug-likeness (QED) is 0.242. The van der Waals surface area contributed by atoms with Crippen molar-refractivity contribution in [3.8, 4) is 11.8 Å². The van der Waals surface area contributed by atoms with E-state index in [1.807, 2.05) is 66.5 Å². The number of aryl methyl sites for hydroxylation is 2.